The average molecular weight is 260 g/mol. The maximum absolute atomic E-state index is 12.5. The molecule has 0 aliphatic carbocycles. The lowest BCUT2D eigenvalue weighted by Crippen LogP contribution is -2.47. The van der Waals surface area contributed by atoms with Crippen molar-refractivity contribution in [3.8, 4) is 0 Å². The fraction of sp³-hybridized carbons (Fsp3) is 0.467. The summed E-state index contributed by atoms with van der Waals surface area (Å²) in [7, 11) is 0. The summed E-state index contributed by atoms with van der Waals surface area (Å²) in [5.74, 6) is -0.185. The van der Waals surface area contributed by atoms with Crippen LogP contribution in [-0.4, -0.2) is 21.7 Å². The van der Waals surface area contributed by atoms with Gasteiger partial charge in [-0.25, -0.2) is 0 Å². The van der Waals surface area contributed by atoms with Crippen molar-refractivity contribution < 1.29 is 9.90 Å². The number of hydrogen-bond acceptors (Lipinski definition) is 3. The van der Waals surface area contributed by atoms with Gasteiger partial charge in [0.25, 0.3) is 5.91 Å². The number of nitrogens with zero attached hydrogens (tertiary/aromatic N) is 2. The number of hydrazone groups is 1. The van der Waals surface area contributed by atoms with Gasteiger partial charge in [-0.3, -0.25) is 4.79 Å². The van der Waals surface area contributed by atoms with E-state index < -0.39 is 11.1 Å². The molecule has 0 fully saturated rings. The first kappa shape index (κ1) is 13.7. The number of carbonyl (C=O) groups is 1. The zero-order chi connectivity index (χ0) is 14.3. The molecule has 2 rings (SSSR count). The van der Waals surface area contributed by atoms with Crippen molar-refractivity contribution in [3.05, 3.63) is 35.9 Å². The first-order valence-corrected chi connectivity index (χ1v) is 6.42. The average Bonchev–Trinajstić information content (AvgIpc) is 2.65. The van der Waals surface area contributed by atoms with Crippen molar-refractivity contribution in [2.45, 2.75) is 39.8 Å². The number of benzene rings is 1. The minimum atomic E-state index is -1.37. The van der Waals surface area contributed by atoms with E-state index in [1.165, 1.54) is 5.01 Å². The Bertz CT molecular complexity index is 517. The summed E-state index contributed by atoms with van der Waals surface area (Å²) in [6.45, 7) is 7.29. The van der Waals surface area contributed by atoms with Crippen LogP contribution in [0.1, 0.15) is 39.7 Å². The van der Waals surface area contributed by atoms with Gasteiger partial charge >= 0.3 is 0 Å². The fourth-order valence-corrected chi connectivity index (χ4v) is 2.18. The van der Waals surface area contributed by atoms with Crippen LogP contribution in [0.4, 0.5) is 0 Å². The number of carbonyl (C=O) groups excluding carboxylic acids is 1. The lowest BCUT2D eigenvalue weighted by atomic mass is 9.92. The van der Waals surface area contributed by atoms with Crippen LogP contribution < -0.4 is 0 Å². The van der Waals surface area contributed by atoms with E-state index in [1.54, 1.807) is 0 Å². The minimum Gasteiger partial charge on any atom is -0.365 e. The molecule has 1 aliphatic rings. The van der Waals surface area contributed by atoms with Gasteiger partial charge in [-0.15, -0.1) is 0 Å². The maximum atomic E-state index is 12.5. The van der Waals surface area contributed by atoms with Crippen molar-refractivity contribution in [1.82, 2.24) is 5.01 Å². The Kier molecular flexibility index (Phi) is 3.22. The molecule has 1 atom stereocenters. The van der Waals surface area contributed by atoms with Gasteiger partial charge in [0.05, 0.1) is 0 Å². The van der Waals surface area contributed by atoms with E-state index in [0.29, 0.717) is 12.0 Å². The lowest BCUT2D eigenvalue weighted by molar-refractivity contribution is -0.166. The highest BCUT2D eigenvalue weighted by Gasteiger charge is 2.47. The highest BCUT2D eigenvalue weighted by atomic mass is 16.3. The molecule has 1 aromatic carbocycles. The van der Waals surface area contributed by atoms with Crippen molar-refractivity contribution >= 4 is 11.6 Å². The number of amides is 1. The smallest absolute Gasteiger partial charge is 0.250 e. The molecule has 1 aliphatic heterocycles. The van der Waals surface area contributed by atoms with Crippen molar-refractivity contribution in [2.24, 2.45) is 10.5 Å². The third kappa shape index (κ3) is 2.40. The van der Waals surface area contributed by atoms with Gasteiger partial charge in [0.1, 0.15) is 0 Å². The summed E-state index contributed by atoms with van der Waals surface area (Å²) in [6, 6.07) is 9.21. The summed E-state index contributed by atoms with van der Waals surface area (Å²) in [4.78, 5) is 12.5. The van der Waals surface area contributed by atoms with Gasteiger partial charge in [0.15, 0.2) is 5.72 Å². The van der Waals surface area contributed by atoms with Gasteiger partial charge < -0.3 is 5.11 Å². The Labute approximate surface area is 113 Å². The molecule has 0 aromatic heterocycles. The first-order valence-electron chi connectivity index (χ1n) is 6.42. The molecule has 1 amide bonds. The van der Waals surface area contributed by atoms with Gasteiger partial charge in [-0.2, -0.15) is 10.1 Å². The van der Waals surface area contributed by atoms with Gasteiger partial charge in [0.2, 0.25) is 0 Å². The topological polar surface area (TPSA) is 52.9 Å². The number of aliphatic hydroxyl groups is 1. The molecule has 0 radical (unpaired) electrons. The molecule has 4 heteroatoms. The monoisotopic (exact) mass is 260 g/mol. The quantitative estimate of drug-likeness (QED) is 0.843. The van der Waals surface area contributed by atoms with E-state index in [4.69, 9.17) is 0 Å². The van der Waals surface area contributed by atoms with Crippen LogP contribution in [0.3, 0.4) is 0 Å². The molecule has 0 bridgehead atoms. The zero-order valence-electron chi connectivity index (χ0n) is 11.8. The highest BCUT2D eigenvalue weighted by Crippen LogP contribution is 2.37. The molecule has 19 heavy (non-hydrogen) atoms. The molecule has 0 unspecified atom stereocenters. The van der Waals surface area contributed by atoms with Gasteiger partial charge in [-0.1, -0.05) is 51.1 Å². The standard InChI is InChI=1S/C15H20N2O2/c1-11-10-15(19,12-8-6-5-7-9-12)17(16-11)13(18)14(2,3)4/h5-9,19H,10H2,1-4H3/t15-/m1/s1. The Morgan fingerprint density at radius 1 is 1.32 bits per heavy atom. The lowest BCUT2D eigenvalue weighted by Gasteiger charge is -2.35. The Hall–Kier alpha value is -1.68. The number of rotatable bonds is 1. The summed E-state index contributed by atoms with van der Waals surface area (Å²) >= 11 is 0. The van der Waals surface area contributed by atoms with Crippen LogP contribution in [0.25, 0.3) is 0 Å². The second-order valence-corrected chi connectivity index (χ2v) is 6.06. The molecule has 1 N–H and O–H groups in total. The van der Waals surface area contributed by atoms with E-state index in [1.807, 2.05) is 58.0 Å². The van der Waals surface area contributed by atoms with E-state index in [-0.39, 0.29) is 5.91 Å². The Morgan fingerprint density at radius 2 is 1.89 bits per heavy atom. The number of hydrogen-bond donors (Lipinski definition) is 1. The maximum Gasteiger partial charge on any atom is 0.250 e. The van der Waals surface area contributed by atoms with Crippen LogP contribution in [0.5, 0.6) is 0 Å². The van der Waals surface area contributed by atoms with Crippen molar-refractivity contribution in [3.63, 3.8) is 0 Å². The zero-order valence-corrected chi connectivity index (χ0v) is 11.8. The van der Waals surface area contributed by atoms with E-state index in [0.717, 1.165) is 5.71 Å². The van der Waals surface area contributed by atoms with Crippen LogP contribution in [0.2, 0.25) is 0 Å². The summed E-state index contributed by atoms with van der Waals surface area (Å²) < 4.78 is 0. The third-order valence-electron chi connectivity index (χ3n) is 3.19. The van der Waals surface area contributed by atoms with Crippen LogP contribution in [0, 0.1) is 5.41 Å². The normalized spacial score (nSPS) is 23.4. The molecule has 0 spiro atoms. The second-order valence-electron chi connectivity index (χ2n) is 6.06. The van der Waals surface area contributed by atoms with E-state index in [2.05, 4.69) is 5.10 Å². The van der Waals surface area contributed by atoms with Gasteiger partial charge in [0, 0.05) is 23.1 Å². The highest BCUT2D eigenvalue weighted by molar-refractivity contribution is 5.90. The van der Waals surface area contributed by atoms with Crippen molar-refractivity contribution in [1.29, 1.82) is 0 Å². The molecule has 102 valence electrons. The molecule has 1 heterocycles. The Morgan fingerprint density at radius 3 is 2.42 bits per heavy atom. The first-order chi connectivity index (χ1) is 8.75. The Balaban J connectivity index is 2.44. The molecule has 0 saturated heterocycles. The van der Waals surface area contributed by atoms with E-state index >= 15 is 0 Å². The van der Waals surface area contributed by atoms with Crippen LogP contribution in [0.15, 0.2) is 35.4 Å². The molecule has 1 aromatic rings. The molecular weight excluding hydrogens is 240 g/mol. The summed E-state index contributed by atoms with van der Waals surface area (Å²) in [5.41, 5.74) is -0.510. The van der Waals surface area contributed by atoms with E-state index in [9.17, 15) is 9.90 Å². The van der Waals surface area contributed by atoms with Gasteiger partial charge in [-0.05, 0) is 6.92 Å². The van der Waals surface area contributed by atoms with Crippen LogP contribution in [-0.2, 0) is 10.5 Å². The van der Waals surface area contributed by atoms with Crippen LogP contribution >= 0.6 is 0 Å². The van der Waals surface area contributed by atoms with Crippen molar-refractivity contribution in [2.75, 3.05) is 0 Å². The second kappa shape index (κ2) is 4.46. The molecule has 4 nitrogen and oxygen atoms in total. The SMILES string of the molecule is CC1=NN(C(=O)C(C)(C)C)[C@](O)(c2ccccc2)C1. The predicted octanol–water partition coefficient (Wildman–Crippen LogP) is 2.49. The summed E-state index contributed by atoms with van der Waals surface area (Å²) in [5, 5.41) is 16.4. The molecule has 0 saturated carbocycles. The summed E-state index contributed by atoms with van der Waals surface area (Å²) in [6.07, 6.45) is 0.346. The molecular formula is C15H20N2O2. The predicted molar refractivity (Wildman–Crippen MR) is 74.4 cm³/mol. The largest absolute Gasteiger partial charge is 0.365 e. The fourth-order valence-electron chi connectivity index (χ4n) is 2.18. The minimum absolute atomic E-state index is 0.185. The third-order valence-corrected chi connectivity index (χ3v) is 3.19.